The van der Waals surface area contributed by atoms with Gasteiger partial charge in [0.25, 0.3) is 0 Å². The molecule has 0 aliphatic carbocycles. The first-order valence-electron chi connectivity index (χ1n) is 6.35. The van der Waals surface area contributed by atoms with Crippen molar-refractivity contribution in [1.29, 1.82) is 0 Å². The van der Waals surface area contributed by atoms with Crippen LogP contribution in [0.4, 0.5) is 4.39 Å². The third kappa shape index (κ3) is 3.07. The minimum atomic E-state index is -0.245. The van der Waals surface area contributed by atoms with Gasteiger partial charge in [0.15, 0.2) is 0 Å². The molecular weight excluding hydrogens is 231 g/mol. The monoisotopic (exact) mass is 250 g/mol. The lowest BCUT2D eigenvalue weighted by Crippen LogP contribution is -2.41. The zero-order valence-electron chi connectivity index (χ0n) is 10.8. The van der Waals surface area contributed by atoms with Gasteiger partial charge in [0.1, 0.15) is 5.82 Å². The first-order chi connectivity index (χ1) is 8.56. The normalized spacial score (nSPS) is 19.9. The third-order valence-corrected chi connectivity index (χ3v) is 3.12. The molecule has 1 N–H and O–H groups in total. The van der Waals surface area contributed by atoms with Crippen LogP contribution in [0.1, 0.15) is 25.8 Å². The Labute approximate surface area is 107 Å². The van der Waals surface area contributed by atoms with Crippen LogP contribution in [0.3, 0.4) is 0 Å². The summed E-state index contributed by atoms with van der Waals surface area (Å²) in [6.07, 6.45) is 0.845. The fraction of sp³-hybridized carbons (Fsp3) is 0.500. The molecule has 1 aromatic rings. The molecule has 4 heteroatoms. The number of benzene rings is 1. The molecule has 1 aliphatic rings. The summed E-state index contributed by atoms with van der Waals surface area (Å²) < 4.78 is 12.8. The van der Waals surface area contributed by atoms with Gasteiger partial charge in [0.05, 0.1) is 6.04 Å². The van der Waals surface area contributed by atoms with Gasteiger partial charge >= 0.3 is 0 Å². The van der Waals surface area contributed by atoms with Gasteiger partial charge in [-0.3, -0.25) is 4.79 Å². The van der Waals surface area contributed by atoms with E-state index in [2.05, 4.69) is 5.32 Å². The number of halogens is 1. The molecule has 0 aromatic heterocycles. The summed E-state index contributed by atoms with van der Waals surface area (Å²) in [6, 6.07) is 6.56. The summed E-state index contributed by atoms with van der Waals surface area (Å²) in [5.74, 6) is -0.0983. The van der Waals surface area contributed by atoms with Crippen LogP contribution in [0.5, 0.6) is 0 Å². The van der Waals surface area contributed by atoms with Gasteiger partial charge in [0, 0.05) is 19.1 Å². The van der Waals surface area contributed by atoms with E-state index in [1.165, 1.54) is 12.1 Å². The molecule has 1 amide bonds. The number of amides is 1. The predicted octanol–water partition coefficient (Wildman–Crippen LogP) is 1.92. The van der Waals surface area contributed by atoms with Crippen molar-refractivity contribution in [3.05, 3.63) is 35.6 Å². The van der Waals surface area contributed by atoms with Crippen molar-refractivity contribution in [2.24, 2.45) is 0 Å². The van der Waals surface area contributed by atoms with Crippen molar-refractivity contribution in [2.75, 3.05) is 6.54 Å². The minimum Gasteiger partial charge on any atom is -0.337 e. The summed E-state index contributed by atoms with van der Waals surface area (Å²) in [5, 5.41) is 3.27. The van der Waals surface area contributed by atoms with E-state index >= 15 is 0 Å². The van der Waals surface area contributed by atoms with E-state index in [0.29, 0.717) is 12.6 Å². The lowest BCUT2D eigenvalue weighted by Gasteiger charge is -2.18. The Morgan fingerprint density at radius 1 is 1.39 bits per heavy atom. The maximum atomic E-state index is 12.8. The van der Waals surface area contributed by atoms with Gasteiger partial charge in [-0.25, -0.2) is 4.39 Å². The van der Waals surface area contributed by atoms with E-state index in [4.69, 9.17) is 0 Å². The van der Waals surface area contributed by atoms with Crippen LogP contribution >= 0.6 is 0 Å². The van der Waals surface area contributed by atoms with Gasteiger partial charge in [0.2, 0.25) is 5.91 Å². The third-order valence-electron chi connectivity index (χ3n) is 3.12. The van der Waals surface area contributed by atoms with Crippen LogP contribution in [0.15, 0.2) is 24.3 Å². The van der Waals surface area contributed by atoms with Crippen molar-refractivity contribution in [1.82, 2.24) is 10.2 Å². The Morgan fingerprint density at radius 2 is 2.06 bits per heavy atom. The summed E-state index contributed by atoms with van der Waals surface area (Å²) in [7, 11) is 0. The molecule has 0 saturated carbocycles. The molecule has 1 heterocycles. The minimum absolute atomic E-state index is 0.0644. The summed E-state index contributed by atoms with van der Waals surface area (Å²) in [6.45, 7) is 5.40. The number of hydrogen-bond acceptors (Lipinski definition) is 2. The SMILES string of the molecule is CC(C)NC1CCN(Cc2ccc(F)cc2)C1=O. The van der Waals surface area contributed by atoms with Crippen molar-refractivity contribution in [2.45, 2.75) is 38.9 Å². The van der Waals surface area contributed by atoms with E-state index in [9.17, 15) is 9.18 Å². The number of nitrogens with zero attached hydrogens (tertiary/aromatic N) is 1. The molecule has 0 radical (unpaired) electrons. The molecule has 0 bridgehead atoms. The highest BCUT2D eigenvalue weighted by molar-refractivity contribution is 5.84. The fourth-order valence-electron chi connectivity index (χ4n) is 2.26. The topological polar surface area (TPSA) is 32.3 Å². The average molecular weight is 250 g/mol. The standard InChI is InChI=1S/C14H19FN2O/c1-10(2)16-13-7-8-17(14(13)18)9-11-3-5-12(15)6-4-11/h3-6,10,13,16H,7-9H2,1-2H3. The fourth-order valence-corrected chi connectivity index (χ4v) is 2.26. The molecule has 1 aromatic carbocycles. The molecule has 2 rings (SSSR count). The number of hydrogen-bond donors (Lipinski definition) is 1. The van der Waals surface area contributed by atoms with Crippen LogP contribution in [-0.2, 0) is 11.3 Å². The lowest BCUT2D eigenvalue weighted by atomic mass is 10.2. The van der Waals surface area contributed by atoms with Crippen molar-refractivity contribution in [3.8, 4) is 0 Å². The molecule has 1 saturated heterocycles. The molecule has 18 heavy (non-hydrogen) atoms. The van der Waals surface area contributed by atoms with Gasteiger partial charge in [-0.15, -0.1) is 0 Å². The Kier molecular flexibility index (Phi) is 3.97. The summed E-state index contributed by atoms with van der Waals surface area (Å²) in [5.41, 5.74) is 0.968. The molecule has 3 nitrogen and oxygen atoms in total. The van der Waals surface area contributed by atoms with E-state index in [1.807, 2.05) is 18.7 Å². The second kappa shape index (κ2) is 5.48. The maximum Gasteiger partial charge on any atom is 0.240 e. The highest BCUT2D eigenvalue weighted by atomic mass is 19.1. The highest BCUT2D eigenvalue weighted by Crippen LogP contribution is 2.15. The maximum absolute atomic E-state index is 12.8. The van der Waals surface area contributed by atoms with Crippen LogP contribution in [0.2, 0.25) is 0 Å². The summed E-state index contributed by atoms with van der Waals surface area (Å²) in [4.78, 5) is 13.9. The summed E-state index contributed by atoms with van der Waals surface area (Å²) >= 11 is 0. The van der Waals surface area contributed by atoms with Gasteiger partial charge in [-0.05, 0) is 24.1 Å². The number of likely N-dealkylation sites (tertiary alicyclic amines) is 1. The molecular formula is C14H19FN2O. The molecule has 1 aliphatic heterocycles. The van der Waals surface area contributed by atoms with Crippen LogP contribution in [0, 0.1) is 5.82 Å². The number of carbonyl (C=O) groups excluding carboxylic acids is 1. The molecule has 1 unspecified atom stereocenters. The van der Waals surface area contributed by atoms with Crippen molar-refractivity contribution >= 4 is 5.91 Å². The van der Waals surface area contributed by atoms with Crippen LogP contribution < -0.4 is 5.32 Å². The van der Waals surface area contributed by atoms with Gasteiger partial charge < -0.3 is 10.2 Å². The van der Waals surface area contributed by atoms with Crippen molar-refractivity contribution in [3.63, 3.8) is 0 Å². The second-order valence-corrected chi connectivity index (χ2v) is 5.05. The Morgan fingerprint density at radius 3 is 2.67 bits per heavy atom. The molecule has 0 spiro atoms. The zero-order chi connectivity index (χ0) is 13.1. The number of nitrogens with one attached hydrogen (secondary N) is 1. The second-order valence-electron chi connectivity index (χ2n) is 5.05. The van der Waals surface area contributed by atoms with Crippen LogP contribution in [-0.4, -0.2) is 29.4 Å². The average Bonchev–Trinajstić information content (AvgIpc) is 2.64. The largest absolute Gasteiger partial charge is 0.337 e. The van der Waals surface area contributed by atoms with Gasteiger partial charge in [-0.1, -0.05) is 26.0 Å². The molecule has 1 fully saturated rings. The van der Waals surface area contributed by atoms with Crippen LogP contribution in [0.25, 0.3) is 0 Å². The molecule has 1 atom stereocenters. The van der Waals surface area contributed by atoms with Crippen molar-refractivity contribution < 1.29 is 9.18 Å². The number of carbonyl (C=O) groups is 1. The zero-order valence-corrected chi connectivity index (χ0v) is 10.8. The van der Waals surface area contributed by atoms with Gasteiger partial charge in [-0.2, -0.15) is 0 Å². The first-order valence-corrected chi connectivity index (χ1v) is 6.35. The Bertz CT molecular complexity index is 416. The molecule has 98 valence electrons. The lowest BCUT2D eigenvalue weighted by molar-refractivity contribution is -0.130. The first kappa shape index (κ1) is 13.0. The predicted molar refractivity (Wildman–Crippen MR) is 68.5 cm³/mol. The highest BCUT2D eigenvalue weighted by Gasteiger charge is 2.31. The number of rotatable bonds is 4. The Hall–Kier alpha value is -1.42. The van der Waals surface area contributed by atoms with E-state index in [0.717, 1.165) is 18.5 Å². The smallest absolute Gasteiger partial charge is 0.240 e. The van der Waals surface area contributed by atoms with E-state index < -0.39 is 0 Å². The van der Waals surface area contributed by atoms with E-state index in [1.54, 1.807) is 12.1 Å². The van der Waals surface area contributed by atoms with E-state index in [-0.39, 0.29) is 17.8 Å². The Balaban J connectivity index is 1.95. The quantitative estimate of drug-likeness (QED) is 0.885.